The average Bonchev–Trinajstić information content (AvgIpc) is 2.81. The van der Waals surface area contributed by atoms with Gasteiger partial charge in [-0.25, -0.2) is 0 Å². The number of carbonyl (C=O) groups excluding carboxylic acids is 1. The average molecular weight is 302 g/mol. The van der Waals surface area contributed by atoms with Gasteiger partial charge in [0.15, 0.2) is 23.4 Å². The van der Waals surface area contributed by atoms with Crippen LogP contribution in [0.3, 0.4) is 0 Å². The molecule has 116 valence electrons. The molecule has 2 saturated carbocycles. The fourth-order valence-corrected chi connectivity index (χ4v) is 5.70. The molecule has 1 heterocycles. The molecular formula is C17H18O5. The lowest BCUT2D eigenvalue weighted by Gasteiger charge is -2.61. The van der Waals surface area contributed by atoms with E-state index in [4.69, 9.17) is 4.74 Å². The number of phenols is 1. The van der Waals surface area contributed by atoms with Crippen molar-refractivity contribution in [3.63, 3.8) is 0 Å². The number of benzene rings is 1. The summed E-state index contributed by atoms with van der Waals surface area (Å²) in [6.07, 6.45) is 1.06. The van der Waals surface area contributed by atoms with E-state index >= 15 is 0 Å². The highest BCUT2D eigenvalue weighted by atomic mass is 16.5. The number of ketones is 1. The second-order valence-corrected chi connectivity index (χ2v) is 7.22. The third-order valence-electron chi connectivity index (χ3n) is 6.47. The molecule has 0 aromatic heterocycles. The molecule has 3 N–H and O–H groups in total. The molecule has 0 saturated heterocycles. The van der Waals surface area contributed by atoms with Crippen molar-refractivity contribution in [2.75, 3.05) is 0 Å². The molecule has 5 rings (SSSR count). The molecular weight excluding hydrogens is 284 g/mol. The number of aromatic hydroxyl groups is 1. The zero-order chi connectivity index (χ0) is 15.3. The highest BCUT2D eigenvalue weighted by Crippen LogP contribution is 2.66. The van der Waals surface area contributed by atoms with Crippen molar-refractivity contribution in [1.82, 2.24) is 0 Å². The maximum atomic E-state index is 12.5. The summed E-state index contributed by atoms with van der Waals surface area (Å²) in [5, 5.41) is 32.3. The second kappa shape index (κ2) is 3.66. The van der Waals surface area contributed by atoms with E-state index in [0.717, 1.165) is 24.0 Å². The Bertz CT molecular complexity index is 713. The molecule has 1 aliphatic heterocycles. The Hall–Kier alpha value is -1.59. The quantitative estimate of drug-likeness (QED) is 0.660. The molecule has 1 unspecified atom stereocenters. The molecule has 0 radical (unpaired) electrons. The van der Waals surface area contributed by atoms with E-state index in [2.05, 4.69) is 0 Å². The maximum Gasteiger partial charge on any atom is 0.177 e. The number of Topliss-reactive ketones (excluding diaryl/α,β-unsaturated/α-hetero) is 1. The van der Waals surface area contributed by atoms with Crippen molar-refractivity contribution in [3.05, 3.63) is 23.3 Å². The molecule has 1 aromatic carbocycles. The number of phenolic OH excluding ortho intramolecular Hbond substituents is 1. The van der Waals surface area contributed by atoms with Crippen molar-refractivity contribution in [2.24, 2.45) is 5.92 Å². The summed E-state index contributed by atoms with van der Waals surface area (Å²) in [5.74, 6) is 0.0969. The SMILES string of the molecule is O=C1C[C@H](O)[C@@]2(O)[C@@H]3CCCC24c2c(ccc(O)c2O[C@@H]14)C3. The highest BCUT2D eigenvalue weighted by molar-refractivity contribution is 5.90. The van der Waals surface area contributed by atoms with Gasteiger partial charge in [-0.05, 0) is 36.8 Å². The first-order valence-corrected chi connectivity index (χ1v) is 7.95. The third-order valence-corrected chi connectivity index (χ3v) is 6.47. The molecule has 5 atom stereocenters. The van der Waals surface area contributed by atoms with Gasteiger partial charge >= 0.3 is 0 Å². The fraction of sp³-hybridized carbons (Fsp3) is 0.588. The number of hydrogen-bond acceptors (Lipinski definition) is 5. The van der Waals surface area contributed by atoms with Gasteiger partial charge in [0.05, 0.1) is 11.5 Å². The summed E-state index contributed by atoms with van der Waals surface area (Å²) in [4.78, 5) is 12.5. The van der Waals surface area contributed by atoms with Gasteiger partial charge < -0.3 is 20.1 Å². The summed E-state index contributed by atoms with van der Waals surface area (Å²) in [5.41, 5.74) is -0.433. The van der Waals surface area contributed by atoms with E-state index in [1.54, 1.807) is 6.07 Å². The van der Waals surface area contributed by atoms with E-state index in [1.807, 2.05) is 6.07 Å². The Morgan fingerprint density at radius 2 is 2.09 bits per heavy atom. The van der Waals surface area contributed by atoms with Gasteiger partial charge in [0, 0.05) is 12.0 Å². The molecule has 4 aliphatic rings. The first-order valence-electron chi connectivity index (χ1n) is 7.95. The summed E-state index contributed by atoms with van der Waals surface area (Å²) >= 11 is 0. The van der Waals surface area contributed by atoms with E-state index in [9.17, 15) is 20.1 Å². The van der Waals surface area contributed by atoms with Gasteiger partial charge in [0.2, 0.25) is 0 Å². The van der Waals surface area contributed by atoms with Crippen LogP contribution in [0.4, 0.5) is 0 Å². The minimum atomic E-state index is -1.34. The van der Waals surface area contributed by atoms with Crippen LogP contribution in [-0.2, 0) is 16.6 Å². The monoisotopic (exact) mass is 302 g/mol. The molecule has 22 heavy (non-hydrogen) atoms. The summed E-state index contributed by atoms with van der Waals surface area (Å²) < 4.78 is 5.86. The molecule has 3 aliphatic carbocycles. The molecule has 2 bridgehead atoms. The first kappa shape index (κ1) is 12.9. The van der Waals surface area contributed by atoms with Crippen molar-refractivity contribution >= 4 is 5.78 Å². The van der Waals surface area contributed by atoms with Crippen LogP contribution in [0.1, 0.15) is 36.8 Å². The van der Waals surface area contributed by atoms with Gasteiger partial charge in [-0.3, -0.25) is 4.79 Å². The molecule has 1 aromatic rings. The minimum absolute atomic E-state index is 0.0104. The van der Waals surface area contributed by atoms with Crippen molar-refractivity contribution in [2.45, 2.75) is 55.3 Å². The fourth-order valence-electron chi connectivity index (χ4n) is 5.70. The highest BCUT2D eigenvalue weighted by Gasteiger charge is 2.74. The van der Waals surface area contributed by atoms with E-state index in [-0.39, 0.29) is 23.9 Å². The van der Waals surface area contributed by atoms with Gasteiger partial charge in [-0.1, -0.05) is 12.5 Å². The Labute approximate surface area is 127 Å². The molecule has 5 heteroatoms. The second-order valence-electron chi connectivity index (χ2n) is 7.22. The van der Waals surface area contributed by atoms with Gasteiger partial charge in [-0.2, -0.15) is 0 Å². The summed E-state index contributed by atoms with van der Waals surface area (Å²) in [7, 11) is 0. The van der Waals surface area contributed by atoms with Crippen LogP contribution in [0.15, 0.2) is 12.1 Å². The van der Waals surface area contributed by atoms with Crippen LogP contribution in [0.5, 0.6) is 11.5 Å². The van der Waals surface area contributed by atoms with Crippen LogP contribution >= 0.6 is 0 Å². The lowest BCUT2D eigenvalue weighted by molar-refractivity contribution is -0.219. The zero-order valence-electron chi connectivity index (χ0n) is 12.1. The number of hydrogen-bond donors (Lipinski definition) is 3. The van der Waals surface area contributed by atoms with Gasteiger partial charge in [0.25, 0.3) is 0 Å². The van der Waals surface area contributed by atoms with Crippen LogP contribution in [0, 0.1) is 5.92 Å². The first-order chi connectivity index (χ1) is 10.5. The van der Waals surface area contributed by atoms with Gasteiger partial charge in [-0.15, -0.1) is 0 Å². The van der Waals surface area contributed by atoms with Gasteiger partial charge in [0.1, 0.15) is 5.60 Å². The topological polar surface area (TPSA) is 87.0 Å². The summed E-state index contributed by atoms with van der Waals surface area (Å²) in [6, 6.07) is 3.47. The Morgan fingerprint density at radius 3 is 2.91 bits per heavy atom. The third kappa shape index (κ3) is 1.09. The Kier molecular flexibility index (Phi) is 2.15. The Morgan fingerprint density at radius 1 is 1.27 bits per heavy atom. The lowest BCUT2D eigenvalue weighted by Crippen LogP contribution is -2.75. The molecule has 2 fully saturated rings. The van der Waals surface area contributed by atoms with E-state index in [0.29, 0.717) is 18.6 Å². The Balaban J connectivity index is 1.90. The largest absolute Gasteiger partial charge is 0.504 e. The number of aliphatic hydroxyl groups is 2. The predicted octanol–water partition coefficient (Wildman–Crippen LogP) is 0.812. The standard InChI is InChI=1S/C17H18O5/c18-10-4-3-8-6-9-2-1-5-16-13(8)14(10)22-15(16)11(19)7-12(20)17(9,16)21/h3-4,9,12,15,18,20-21H,1-2,5-7H2/t9-,12+,15+,16?,17+/m1/s1. The smallest absolute Gasteiger partial charge is 0.177 e. The number of carbonyl (C=O) groups is 1. The normalized spacial score (nSPS) is 44.5. The number of ether oxygens (including phenoxy) is 1. The van der Waals surface area contributed by atoms with Crippen LogP contribution < -0.4 is 4.74 Å². The number of rotatable bonds is 0. The molecule has 1 spiro atoms. The van der Waals surface area contributed by atoms with E-state index in [1.165, 1.54) is 0 Å². The van der Waals surface area contributed by atoms with Crippen LogP contribution in [0.25, 0.3) is 0 Å². The predicted molar refractivity (Wildman–Crippen MR) is 75.8 cm³/mol. The molecule has 5 nitrogen and oxygen atoms in total. The van der Waals surface area contributed by atoms with Crippen LogP contribution in [0.2, 0.25) is 0 Å². The van der Waals surface area contributed by atoms with Crippen molar-refractivity contribution in [1.29, 1.82) is 0 Å². The lowest BCUT2D eigenvalue weighted by atomic mass is 9.45. The van der Waals surface area contributed by atoms with Crippen LogP contribution in [-0.4, -0.2) is 38.9 Å². The number of aliphatic hydroxyl groups excluding tert-OH is 1. The van der Waals surface area contributed by atoms with Crippen molar-refractivity contribution < 1.29 is 24.9 Å². The maximum absolute atomic E-state index is 12.5. The minimum Gasteiger partial charge on any atom is -0.504 e. The molecule has 0 amide bonds. The summed E-state index contributed by atoms with van der Waals surface area (Å²) in [6.45, 7) is 0. The zero-order valence-corrected chi connectivity index (χ0v) is 12.1. The van der Waals surface area contributed by atoms with E-state index < -0.39 is 23.2 Å². The van der Waals surface area contributed by atoms with Crippen molar-refractivity contribution in [3.8, 4) is 11.5 Å².